The molecule has 23 heavy (non-hydrogen) atoms. The lowest BCUT2D eigenvalue weighted by Gasteiger charge is -2.37. The largest absolute Gasteiger partial charge is 0.376 e. The van der Waals surface area contributed by atoms with Crippen molar-refractivity contribution in [2.75, 3.05) is 64.6 Å². The fraction of sp³-hybridized carbons (Fsp3) is 0.562. The number of halogens is 1. The second-order valence-corrected chi connectivity index (χ2v) is 6.72. The number of amides is 2. The molecule has 1 aromatic rings. The summed E-state index contributed by atoms with van der Waals surface area (Å²) in [6.45, 7) is 3.65. The van der Waals surface area contributed by atoms with Crippen LogP contribution < -0.4 is 15.5 Å². The second-order valence-electron chi connectivity index (χ2n) is 6.29. The van der Waals surface area contributed by atoms with E-state index < -0.39 is 0 Å². The number of likely N-dealkylation sites (N-methyl/N-ethyl adjacent to an activating group) is 2. The first-order valence-corrected chi connectivity index (χ1v) is 8.15. The van der Waals surface area contributed by atoms with Gasteiger partial charge in [-0.25, -0.2) is 4.79 Å². The Morgan fingerprint density at radius 2 is 2.09 bits per heavy atom. The van der Waals surface area contributed by atoms with Gasteiger partial charge in [-0.05, 0) is 32.3 Å². The maximum Gasteiger partial charge on any atom is 0.319 e. The third kappa shape index (κ3) is 4.99. The number of rotatable bonds is 4. The molecule has 1 aliphatic heterocycles. The standard InChI is InChI=1S/C16H26ClN5O/c1-20(2)15-6-5-12(17)9-14(15)19-16(23)18-10-13-11-21(3)7-8-22(13)4/h5-6,9,13H,7-8,10-11H2,1-4H3,(H2,18,19,23)/t13-/m1/s1. The fourth-order valence-electron chi connectivity index (χ4n) is 2.70. The van der Waals surface area contributed by atoms with Crippen LogP contribution in [0.1, 0.15) is 0 Å². The number of carbonyl (C=O) groups excluding carboxylic acids is 1. The highest BCUT2D eigenvalue weighted by atomic mass is 35.5. The molecule has 128 valence electrons. The molecule has 1 aliphatic rings. The Bertz CT molecular complexity index is 551. The number of hydrogen-bond donors (Lipinski definition) is 2. The Morgan fingerprint density at radius 1 is 1.35 bits per heavy atom. The van der Waals surface area contributed by atoms with Crippen LogP contribution in [0.4, 0.5) is 16.2 Å². The SMILES string of the molecule is CN1CCN(C)[C@H](CNC(=O)Nc2cc(Cl)ccc2N(C)C)C1. The molecule has 0 spiro atoms. The van der Waals surface area contributed by atoms with E-state index in [1.165, 1.54) is 0 Å². The molecule has 1 atom stereocenters. The lowest BCUT2D eigenvalue weighted by molar-refractivity contribution is 0.115. The zero-order valence-electron chi connectivity index (χ0n) is 14.3. The van der Waals surface area contributed by atoms with Crippen molar-refractivity contribution in [3.05, 3.63) is 23.2 Å². The van der Waals surface area contributed by atoms with Gasteiger partial charge in [-0.3, -0.25) is 4.90 Å². The summed E-state index contributed by atoms with van der Waals surface area (Å²) in [6.07, 6.45) is 0. The zero-order valence-corrected chi connectivity index (χ0v) is 15.0. The summed E-state index contributed by atoms with van der Waals surface area (Å²) in [5, 5.41) is 6.44. The van der Waals surface area contributed by atoms with Crippen molar-refractivity contribution >= 4 is 29.0 Å². The lowest BCUT2D eigenvalue weighted by atomic mass is 10.2. The molecule has 0 bridgehead atoms. The summed E-state index contributed by atoms with van der Waals surface area (Å²) in [6, 6.07) is 5.58. The maximum atomic E-state index is 12.2. The topological polar surface area (TPSA) is 50.9 Å². The molecule has 2 amide bonds. The number of piperazine rings is 1. The molecule has 0 radical (unpaired) electrons. The van der Waals surface area contributed by atoms with Gasteiger partial charge in [-0.2, -0.15) is 0 Å². The smallest absolute Gasteiger partial charge is 0.319 e. The number of anilines is 2. The third-order valence-corrected chi connectivity index (χ3v) is 4.40. The van der Waals surface area contributed by atoms with Gasteiger partial charge >= 0.3 is 6.03 Å². The van der Waals surface area contributed by atoms with Crippen LogP contribution >= 0.6 is 11.6 Å². The Labute approximate surface area is 143 Å². The summed E-state index contributed by atoms with van der Waals surface area (Å²) in [7, 11) is 8.06. The van der Waals surface area contributed by atoms with Crippen LogP contribution in [0, 0.1) is 0 Å². The van der Waals surface area contributed by atoms with Crippen LogP contribution in [0.5, 0.6) is 0 Å². The summed E-state index contributed by atoms with van der Waals surface area (Å²) in [4.78, 5) is 18.7. The van der Waals surface area contributed by atoms with E-state index in [1.807, 2.05) is 31.1 Å². The van der Waals surface area contributed by atoms with Gasteiger partial charge < -0.3 is 20.4 Å². The number of nitrogens with one attached hydrogen (secondary N) is 2. The maximum absolute atomic E-state index is 12.2. The molecule has 2 rings (SSSR count). The van der Waals surface area contributed by atoms with Crippen molar-refractivity contribution in [3.8, 4) is 0 Å². The average Bonchev–Trinajstić information content (AvgIpc) is 2.48. The predicted molar refractivity (Wildman–Crippen MR) is 96.7 cm³/mol. The van der Waals surface area contributed by atoms with Gasteiger partial charge in [-0.1, -0.05) is 11.6 Å². The number of benzene rings is 1. The van der Waals surface area contributed by atoms with E-state index >= 15 is 0 Å². The molecule has 7 heteroatoms. The highest BCUT2D eigenvalue weighted by molar-refractivity contribution is 6.31. The Balaban J connectivity index is 1.93. The van der Waals surface area contributed by atoms with Crippen LogP contribution in [0.2, 0.25) is 5.02 Å². The van der Waals surface area contributed by atoms with Crippen molar-refractivity contribution in [1.82, 2.24) is 15.1 Å². The van der Waals surface area contributed by atoms with Crippen molar-refractivity contribution < 1.29 is 4.79 Å². The number of nitrogens with zero attached hydrogens (tertiary/aromatic N) is 3. The molecule has 2 N–H and O–H groups in total. The molecule has 1 heterocycles. The van der Waals surface area contributed by atoms with E-state index in [1.54, 1.807) is 6.07 Å². The molecule has 0 unspecified atom stereocenters. The average molecular weight is 340 g/mol. The highest BCUT2D eigenvalue weighted by Gasteiger charge is 2.22. The Kier molecular flexibility index (Phi) is 6.10. The predicted octanol–water partition coefficient (Wildman–Crippen LogP) is 1.77. The summed E-state index contributed by atoms with van der Waals surface area (Å²) in [5.74, 6) is 0. The van der Waals surface area contributed by atoms with Crippen molar-refractivity contribution in [2.45, 2.75) is 6.04 Å². The molecule has 1 saturated heterocycles. The van der Waals surface area contributed by atoms with Crippen molar-refractivity contribution in [1.29, 1.82) is 0 Å². The van der Waals surface area contributed by atoms with Gasteiger partial charge in [0.05, 0.1) is 11.4 Å². The molecule has 0 aromatic heterocycles. The second kappa shape index (κ2) is 7.86. The van der Waals surface area contributed by atoms with E-state index in [2.05, 4.69) is 34.5 Å². The minimum Gasteiger partial charge on any atom is -0.376 e. The van der Waals surface area contributed by atoms with Crippen LogP contribution in [-0.2, 0) is 0 Å². The van der Waals surface area contributed by atoms with E-state index in [-0.39, 0.29) is 6.03 Å². The molecule has 6 nitrogen and oxygen atoms in total. The number of carbonyl (C=O) groups is 1. The molecule has 1 fully saturated rings. The van der Waals surface area contributed by atoms with Crippen LogP contribution in [0.15, 0.2) is 18.2 Å². The first-order valence-electron chi connectivity index (χ1n) is 7.77. The van der Waals surface area contributed by atoms with Gasteiger partial charge in [0, 0.05) is 51.3 Å². The van der Waals surface area contributed by atoms with E-state index in [0.717, 1.165) is 25.3 Å². The monoisotopic (exact) mass is 339 g/mol. The molecule has 0 aliphatic carbocycles. The van der Waals surface area contributed by atoms with Crippen LogP contribution in [0.3, 0.4) is 0 Å². The van der Waals surface area contributed by atoms with Gasteiger partial charge in [-0.15, -0.1) is 0 Å². The number of urea groups is 1. The molecule has 1 aromatic carbocycles. The van der Waals surface area contributed by atoms with Crippen molar-refractivity contribution in [3.63, 3.8) is 0 Å². The lowest BCUT2D eigenvalue weighted by Crippen LogP contribution is -2.54. The van der Waals surface area contributed by atoms with Gasteiger partial charge in [0.25, 0.3) is 0 Å². The quantitative estimate of drug-likeness (QED) is 0.878. The van der Waals surface area contributed by atoms with Gasteiger partial charge in [0.15, 0.2) is 0 Å². The Morgan fingerprint density at radius 3 is 2.78 bits per heavy atom. The summed E-state index contributed by atoms with van der Waals surface area (Å²) in [5.41, 5.74) is 1.62. The molecular weight excluding hydrogens is 314 g/mol. The normalized spacial score (nSPS) is 19.4. The van der Waals surface area contributed by atoms with Crippen LogP contribution in [-0.4, -0.2) is 76.2 Å². The zero-order chi connectivity index (χ0) is 17.0. The first-order chi connectivity index (χ1) is 10.9. The van der Waals surface area contributed by atoms with E-state index in [0.29, 0.717) is 23.3 Å². The number of hydrogen-bond acceptors (Lipinski definition) is 4. The van der Waals surface area contributed by atoms with Gasteiger partial charge in [0.2, 0.25) is 0 Å². The summed E-state index contributed by atoms with van der Waals surface area (Å²) >= 11 is 6.04. The fourth-order valence-corrected chi connectivity index (χ4v) is 2.87. The first kappa shape index (κ1) is 17.8. The highest BCUT2D eigenvalue weighted by Crippen LogP contribution is 2.27. The van der Waals surface area contributed by atoms with Crippen LogP contribution in [0.25, 0.3) is 0 Å². The molecule has 0 saturated carbocycles. The molecular formula is C16H26ClN5O. The summed E-state index contributed by atoms with van der Waals surface area (Å²) < 4.78 is 0. The van der Waals surface area contributed by atoms with E-state index in [4.69, 9.17) is 11.6 Å². The minimum absolute atomic E-state index is 0.211. The third-order valence-electron chi connectivity index (χ3n) is 4.17. The minimum atomic E-state index is -0.211. The van der Waals surface area contributed by atoms with E-state index in [9.17, 15) is 4.79 Å². The Hall–Kier alpha value is -1.50. The van der Waals surface area contributed by atoms with Gasteiger partial charge in [0.1, 0.15) is 0 Å². The van der Waals surface area contributed by atoms with Crippen molar-refractivity contribution in [2.24, 2.45) is 0 Å².